The molecule has 0 aromatic heterocycles. The Hall–Kier alpha value is -0.540. The molecule has 0 bridgehead atoms. The van der Waals surface area contributed by atoms with E-state index in [0.29, 0.717) is 0 Å². The van der Waals surface area contributed by atoms with Crippen molar-refractivity contribution in [3.05, 3.63) is 28.2 Å². The molecule has 0 aliphatic heterocycles. The van der Waals surface area contributed by atoms with Crippen LogP contribution in [0.3, 0.4) is 0 Å². The molecular formula is C13H18BrNO. The van der Waals surface area contributed by atoms with Crippen LogP contribution in [-0.4, -0.2) is 13.7 Å². The van der Waals surface area contributed by atoms with Crippen molar-refractivity contribution in [1.82, 2.24) is 5.32 Å². The predicted molar refractivity (Wildman–Crippen MR) is 69.7 cm³/mol. The van der Waals surface area contributed by atoms with E-state index in [4.69, 9.17) is 4.74 Å². The SMILES string of the molecule is CNCc1ccc(OCC2CCC2)c(Br)c1. The molecule has 0 radical (unpaired) electrons. The zero-order chi connectivity index (χ0) is 11.4. The molecule has 16 heavy (non-hydrogen) atoms. The molecule has 1 saturated carbocycles. The van der Waals surface area contributed by atoms with Crippen molar-refractivity contribution in [2.24, 2.45) is 5.92 Å². The van der Waals surface area contributed by atoms with Gasteiger partial charge in [-0.25, -0.2) is 0 Å². The van der Waals surface area contributed by atoms with Gasteiger partial charge in [0.1, 0.15) is 5.75 Å². The number of ether oxygens (including phenoxy) is 1. The van der Waals surface area contributed by atoms with E-state index in [0.717, 1.165) is 29.3 Å². The minimum atomic E-state index is 0.781. The van der Waals surface area contributed by atoms with Crippen molar-refractivity contribution in [1.29, 1.82) is 0 Å². The van der Waals surface area contributed by atoms with E-state index in [-0.39, 0.29) is 0 Å². The van der Waals surface area contributed by atoms with E-state index in [1.165, 1.54) is 24.8 Å². The zero-order valence-electron chi connectivity index (χ0n) is 9.63. The van der Waals surface area contributed by atoms with Crippen LogP contribution in [0.15, 0.2) is 22.7 Å². The van der Waals surface area contributed by atoms with Crippen molar-refractivity contribution < 1.29 is 4.74 Å². The lowest BCUT2D eigenvalue weighted by Crippen LogP contribution is -2.19. The minimum absolute atomic E-state index is 0.781. The minimum Gasteiger partial charge on any atom is -0.492 e. The van der Waals surface area contributed by atoms with Crippen LogP contribution in [-0.2, 0) is 6.54 Å². The molecule has 0 saturated heterocycles. The van der Waals surface area contributed by atoms with Gasteiger partial charge in [0.05, 0.1) is 11.1 Å². The standard InChI is InChI=1S/C13H18BrNO/c1-15-8-11-5-6-13(12(14)7-11)16-9-10-3-2-4-10/h5-7,10,15H,2-4,8-9H2,1H3. The maximum absolute atomic E-state index is 5.81. The molecule has 88 valence electrons. The lowest BCUT2D eigenvalue weighted by atomic mass is 9.86. The van der Waals surface area contributed by atoms with Gasteiger partial charge >= 0.3 is 0 Å². The highest BCUT2D eigenvalue weighted by molar-refractivity contribution is 9.10. The van der Waals surface area contributed by atoms with E-state index >= 15 is 0 Å². The second kappa shape index (κ2) is 5.69. The summed E-state index contributed by atoms with van der Waals surface area (Å²) in [5.74, 6) is 1.75. The van der Waals surface area contributed by atoms with Gasteiger partial charge < -0.3 is 10.1 Å². The van der Waals surface area contributed by atoms with E-state index < -0.39 is 0 Å². The molecule has 0 spiro atoms. The first-order valence-corrected chi connectivity index (χ1v) is 6.64. The van der Waals surface area contributed by atoms with Gasteiger partial charge in [-0.3, -0.25) is 0 Å². The van der Waals surface area contributed by atoms with Gasteiger partial charge in [0.2, 0.25) is 0 Å². The Morgan fingerprint density at radius 3 is 2.81 bits per heavy atom. The Balaban J connectivity index is 1.92. The van der Waals surface area contributed by atoms with Crippen molar-refractivity contribution >= 4 is 15.9 Å². The fourth-order valence-corrected chi connectivity index (χ4v) is 2.38. The van der Waals surface area contributed by atoms with Gasteiger partial charge in [-0.1, -0.05) is 12.5 Å². The molecule has 1 N–H and O–H groups in total. The van der Waals surface area contributed by atoms with Crippen LogP contribution >= 0.6 is 15.9 Å². The third-order valence-corrected chi connectivity index (χ3v) is 3.70. The summed E-state index contributed by atoms with van der Waals surface area (Å²) in [6.45, 7) is 1.76. The molecule has 1 aliphatic rings. The van der Waals surface area contributed by atoms with Gasteiger partial charge in [-0.2, -0.15) is 0 Å². The summed E-state index contributed by atoms with van der Waals surface area (Å²) in [5.41, 5.74) is 1.27. The average molecular weight is 284 g/mol. The summed E-state index contributed by atoms with van der Waals surface area (Å²) < 4.78 is 6.86. The summed E-state index contributed by atoms with van der Waals surface area (Å²) in [4.78, 5) is 0. The fraction of sp³-hybridized carbons (Fsp3) is 0.538. The highest BCUT2D eigenvalue weighted by Crippen LogP contribution is 2.30. The van der Waals surface area contributed by atoms with Crippen LogP contribution in [0.4, 0.5) is 0 Å². The molecule has 0 amide bonds. The van der Waals surface area contributed by atoms with Gasteiger partial charge in [0, 0.05) is 6.54 Å². The third kappa shape index (κ3) is 2.98. The Kier molecular flexibility index (Phi) is 4.24. The molecule has 1 aromatic rings. The Bertz CT molecular complexity index is 350. The predicted octanol–water partition coefficient (Wildman–Crippen LogP) is 3.35. The second-order valence-electron chi connectivity index (χ2n) is 4.40. The molecule has 1 fully saturated rings. The van der Waals surface area contributed by atoms with Crippen molar-refractivity contribution in [2.45, 2.75) is 25.8 Å². The Morgan fingerprint density at radius 1 is 1.44 bits per heavy atom. The molecule has 1 aromatic carbocycles. The first kappa shape index (κ1) is 11.9. The van der Waals surface area contributed by atoms with E-state index in [9.17, 15) is 0 Å². The number of benzene rings is 1. The monoisotopic (exact) mass is 283 g/mol. The highest BCUT2D eigenvalue weighted by Gasteiger charge is 2.18. The largest absolute Gasteiger partial charge is 0.492 e. The van der Waals surface area contributed by atoms with Crippen molar-refractivity contribution in [3.63, 3.8) is 0 Å². The molecule has 0 unspecified atom stereocenters. The fourth-order valence-electron chi connectivity index (χ4n) is 1.84. The first-order valence-electron chi connectivity index (χ1n) is 5.85. The van der Waals surface area contributed by atoms with E-state index in [2.05, 4.69) is 39.4 Å². The molecule has 2 nitrogen and oxygen atoms in total. The number of hydrogen-bond acceptors (Lipinski definition) is 2. The van der Waals surface area contributed by atoms with E-state index in [1.54, 1.807) is 0 Å². The van der Waals surface area contributed by atoms with Crippen LogP contribution in [0.1, 0.15) is 24.8 Å². The molecule has 2 rings (SSSR count). The van der Waals surface area contributed by atoms with Gasteiger partial charge in [-0.15, -0.1) is 0 Å². The van der Waals surface area contributed by atoms with Crippen LogP contribution in [0.2, 0.25) is 0 Å². The van der Waals surface area contributed by atoms with Crippen LogP contribution in [0.5, 0.6) is 5.75 Å². The molecule has 1 aliphatic carbocycles. The summed E-state index contributed by atoms with van der Waals surface area (Å²) in [5, 5.41) is 3.14. The lowest BCUT2D eigenvalue weighted by molar-refractivity contribution is 0.180. The van der Waals surface area contributed by atoms with Crippen LogP contribution in [0.25, 0.3) is 0 Å². The van der Waals surface area contributed by atoms with Gasteiger partial charge in [0.25, 0.3) is 0 Å². The van der Waals surface area contributed by atoms with Crippen LogP contribution in [0, 0.1) is 5.92 Å². The quantitative estimate of drug-likeness (QED) is 0.895. The zero-order valence-corrected chi connectivity index (χ0v) is 11.2. The summed E-state index contributed by atoms with van der Waals surface area (Å²) >= 11 is 3.55. The topological polar surface area (TPSA) is 21.3 Å². The normalized spacial score (nSPS) is 15.9. The molecule has 0 heterocycles. The number of hydrogen-bond donors (Lipinski definition) is 1. The summed E-state index contributed by atoms with van der Waals surface area (Å²) in [7, 11) is 1.95. The Labute approximate surface area is 106 Å². The van der Waals surface area contributed by atoms with Gasteiger partial charge in [0.15, 0.2) is 0 Å². The van der Waals surface area contributed by atoms with Crippen LogP contribution < -0.4 is 10.1 Å². The highest BCUT2D eigenvalue weighted by atomic mass is 79.9. The molecule has 0 atom stereocenters. The lowest BCUT2D eigenvalue weighted by Gasteiger charge is -2.25. The summed E-state index contributed by atoms with van der Waals surface area (Å²) in [6.07, 6.45) is 4.03. The first-order chi connectivity index (χ1) is 7.79. The van der Waals surface area contributed by atoms with E-state index in [1.807, 2.05) is 7.05 Å². The maximum atomic E-state index is 5.81. The molecular weight excluding hydrogens is 266 g/mol. The number of rotatable bonds is 5. The summed E-state index contributed by atoms with van der Waals surface area (Å²) in [6, 6.07) is 6.28. The molecule has 3 heteroatoms. The number of halogens is 1. The number of nitrogens with one attached hydrogen (secondary N) is 1. The Morgan fingerprint density at radius 2 is 2.25 bits per heavy atom. The maximum Gasteiger partial charge on any atom is 0.133 e. The average Bonchev–Trinajstić information content (AvgIpc) is 2.19. The smallest absolute Gasteiger partial charge is 0.133 e. The van der Waals surface area contributed by atoms with Gasteiger partial charge in [-0.05, 0) is 59.4 Å². The van der Waals surface area contributed by atoms with Crippen molar-refractivity contribution in [2.75, 3.05) is 13.7 Å². The third-order valence-electron chi connectivity index (χ3n) is 3.08. The second-order valence-corrected chi connectivity index (χ2v) is 5.26. The van der Waals surface area contributed by atoms with Crippen molar-refractivity contribution in [3.8, 4) is 5.75 Å².